The lowest BCUT2D eigenvalue weighted by atomic mass is 9.97. The average molecular weight is 309 g/mol. The Hall–Kier alpha value is -2.52. The van der Waals surface area contributed by atoms with Crippen LogP contribution in [-0.2, 0) is 20.9 Å². The van der Waals surface area contributed by atoms with Crippen LogP contribution in [0.15, 0.2) is 0 Å². The summed E-state index contributed by atoms with van der Waals surface area (Å²) in [6.07, 6.45) is 0.178. The van der Waals surface area contributed by atoms with Crippen molar-refractivity contribution < 1.29 is 24.6 Å². The van der Waals surface area contributed by atoms with Gasteiger partial charge in [-0.3, -0.25) is 14.4 Å². The SMILES string of the molecule is Cc1nnnn1CCC(=O)N1C[C@@]2(C(=O)O)C[C@@]2(C(=O)O)C1. The maximum Gasteiger partial charge on any atom is 0.312 e. The van der Waals surface area contributed by atoms with Gasteiger partial charge in [0.25, 0.3) is 0 Å². The molecular formula is C12H15N5O5. The van der Waals surface area contributed by atoms with E-state index in [1.54, 1.807) is 6.92 Å². The zero-order valence-electron chi connectivity index (χ0n) is 11.9. The van der Waals surface area contributed by atoms with Crippen LogP contribution in [0.4, 0.5) is 0 Å². The molecule has 22 heavy (non-hydrogen) atoms. The van der Waals surface area contributed by atoms with Crippen LogP contribution in [0.1, 0.15) is 18.7 Å². The molecule has 2 fully saturated rings. The molecule has 1 aliphatic heterocycles. The van der Waals surface area contributed by atoms with Crippen molar-refractivity contribution in [3.63, 3.8) is 0 Å². The van der Waals surface area contributed by atoms with Gasteiger partial charge in [0.05, 0.1) is 6.54 Å². The van der Waals surface area contributed by atoms with Crippen LogP contribution in [0.25, 0.3) is 0 Å². The Balaban J connectivity index is 1.67. The summed E-state index contributed by atoms with van der Waals surface area (Å²) < 4.78 is 1.47. The van der Waals surface area contributed by atoms with Gasteiger partial charge in [-0.15, -0.1) is 5.10 Å². The second-order valence-corrected chi connectivity index (χ2v) is 5.90. The lowest BCUT2D eigenvalue weighted by Crippen LogP contribution is -2.35. The molecule has 1 aliphatic carbocycles. The lowest BCUT2D eigenvalue weighted by molar-refractivity contribution is -0.151. The molecule has 2 heterocycles. The third kappa shape index (κ3) is 1.79. The second-order valence-electron chi connectivity index (χ2n) is 5.90. The van der Waals surface area contributed by atoms with Crippen molar-refractivity contribution in [3.8, 4) is 0 Å². The van der Waals surface area contributed by atoms with Crippen LogP contribution < -0.4 is 0 Å². The van der Waals surface area contributed by atoms with Gasteiger partial charge in [0.15, 0.2) is 0 Å². The van der Waals surface area contributed by atoms with E-state index in [2.05, 4.69) is 15.5 Å². The highest BCUT2D eigenvalue weighted by atomic mass is 16.4. The molecule has 2 aliphatic rings. The third-order valence-corrected chi connectivity index (χ3v) is 4.74. The predicted molar refractivity (Wildman–Crippen MR) is 68.5 cm³/mol. The van der Waals surface area contributed by atoms with Gasteiger partial charge >= 0.3 is 11.9 Å². The second kappa shape index (κ2) is 4.49. The minimum atomic E-state index is -1.33. The Bertz CT molecular complexity index is 645. The highest BCUT2D eigenvalue weighted by Crippen LogP contribution is 2.68. The van der Waals surface area contributed by atoms with Crippen LogP contribution >= 0.6 is 0 Å². The molecule has 0 aromatic carbocycles. The Morgan fingerprint density at radius 2 is 1.77 bits per heavy atom. The van der Waals surface area contributed by atoms with E-state index in [0.29, 0.717) is 5.82 Å². The van der Waals surface area contributed by atoms with Gasteiger partial charge < -0.3 is 15.1 Å². The van der Waals surface area contributed by atoms with Gasteiger partial charge in [0, 0.05) is 19.5 Å². The monoisotopic (exact) mass is 309 g/mol. The van der Waals surface area contributed by atoms with Crippen LogP contribution in [0.3, 0.4) is 0 Å². The van der Waals surface area contributed by atoms with Gasteiger partial charge in [-0.1, -0.05) is 0 Å². The first-order valence-corrected chi connectivity index (χ1v) is 6.80. The first-order valence-electron chi connectivity index (χ1n) is 6.80. The van der Waals surface area contributed by atoms with Crippen LogP contribution in [-0.4, -0.2) is 66.3 Å². The molecule has 0 bridgehead atoms. The molecule has 0 radical (unpaired) electrons. The number of carbonyl (C=O) groups is 3. The Morgan fingerprint density at radius 1 is 1.18 bits per heavy atom. The Kier molecular flexibility index (Phi) is 2.94. The molecule has 10 nitrogen and oxygen atoms in total. The standard InChI is InChI=1S/C12H15N5O5/c1-7-13-14-15-17(7)3-2-8(18)16-5-11(9(19)20)4-12(11,6-16)10(21)22/h2-6H2,1H3,(H,19,20)(H,21,22)/t11-,12+. The Labute approximate surface area is 124 Å². The fourth-order valence-electron chi connectivity index (χ4n) is 3.28. The third-order valence-electron chi connectivity index (χ3n) is 4.74. The van der Waals surface area contributed by atoms with Gasteiger partial charge in [-0.25, -0.2) is 4.68 Å². The van der Waals surface area contributed by atoms with E-state index >= 15 is 0 Å². The van der Waals surface area contributed by atoms with Crippen molar-refractivity contribution >= 4 is 17.8 Å². The number of likely N-dealkylation sites (tertiary alicyclic amines) is 1. The van der Waals surface area contributed by atoms with Crippen LogP contribution in [0.2, 0.25) is 0 Å². The van der Waals surface area contributed by atoms with E-state index in [9.17, 15) is 24.6 Å². The topological polar surface area (TPSA) is 139 Å². The average Bonchev–Trinajstić information content (AvgIpc) is 2.77. The minimum Gasteiger partial charge on any atom is -0.481 e. The number of carboxylic acids is 2. The maximum absolute atomic E-state index is 12.2. The normalized spacial score (nSPS) is 29.2. The van der Waals surface area contributed by atoms with Gasteiger partial charge in [0.1, 0.15) is 16.7 Å². The molecule has 1 amide bonds. The molecule has 10 heteroatoms. The Morgan fingerprint density at radius 3 is 2.23 bits per heavy atom. The molecule has 2 atom stereocenters. The molecule has 1 aromatic rings. The number of hydrogen-bond donors (Lipinski definition) is 2. The fraction of sp³-hybridized carbons (Fsp3) is 0.667. The smallest absolute Gasteiger partial charge is 0.312 e. The molecule has 3 rings (SSSR count). The van der Waals surface area contributed by atoms with Crippen molar-refractivity contribution in [2.75, 3.05) is 13.1 Å². The predicted octanol–water partition coefficient (Wildman–Crippen LogP) is -1.24. The van der Waals surface area contributed by atoms with Gasteiger partial charge in [-0.05, 0) is 23.8 Å². The number of hydrogen-bond acceptors (Lipinski definition) is 6. The number of carbonyl (C=O) groups excluding carboxylic acids is 1. The summed E-state index contributed by atoms with van der Waals surface area (Å²) >= 11 is 0. The summed E-state index contributed by atoms with van der Waals surface area (Å²) in [7, 11) is 0. The molecule has 0 unspecified atom stereocenters. The molecule has 0 spiro atoms. The zero-order valence-corrected chi connectivity index (χ0v) is 11.9. The van der Waals surface area contributed by atoms with Crippen LogP contribution in [0, 0.1) is 17.8 Å². The van der Waals surface area contributed by atoms with Crippen molar-refractivity contribution in [2.24, 2.45) is 10.8 Å². The van der Waals surface area contributed by atoms with E-state index in [-0.39, 0.29) is 38.4 Å². The number of amides is 1. The first kappa shape index (κ1) is 14.4. The minimum absolute atomic E-state index is 0.0535. The van der Waals surface area contributed by atoms with E-state index in [0.717, 1.165) is 0 Å². The number of aryl methyl sites for hydroxylation is 2. The largest absolute Gasteiger partial charge is 0.481 e. The van der Waals surface area contributed by atoms with E-state index in [4.69, 9.17) is 0 Å². The van der Waals surface area contributed by atoms with E-state index in [1.807, 2.05) is 0 Å². The summed E-state index contributed by atoms with van der Waals surface area (Å²) in [5.74, 6) is -2.02. The summed E-state index contributed by atoms with van der Waals surface area (Å²) in [6, 6.07) is 0. The molecule has 1 aromatic heterocycles. The fourth-order valence-corrected chi connectivity index (χ4v) is 3.28. The van der Waals surface area contributed by atoms with E-state index in [1.165, 1.54) is 9.58 Å². The van der Waals surface area contributed by atoms with Crippen molar-refractivity contribution in [2.45, 2.75) is 26.3 Å². The first-order chi connectivity index (χ1) is 10.3. The quantitative estimate of drug-likeness (QED) is 0.688. The van der Waals surface area contributed by atoms with Crippen LogP contribution in [0.5, 0.6) is 0 Å². The number of nitrogens with zero attached hydrogens (tertiary/aromatic N) is 5. The number of fused-ring (bicyclic) bond motifs is 1. The summed E-state index contributed by atoms with van der Waals surface area (Å²) in [6.45, 7) is 1.87. The molecule has 1 saturated heterocycles. The lowest BCUT2D eigenvalue weighted by Gasteiger charge is -2.20. The molecule has 2 N–H and O–H groups in total. The van der Waals surface area contributed by atoms with E-state index < -0.39 is 22.8 Å². The van der Waals surface area contributed by atoms with Gasteiger partial charge in [0.2, 0.25) is 5.91 Å². The number of piperidine rings is 1. The van der Waals surface area contributed by atoms with Gasteiger partial charge in [-0.2, -0.15) is 0 Å². The van der Waals surface area contributed by atoms with Crippen molar-refractivity contribution in [1.82, 2.24) is 25.1 Å². The number of aromatic nitrogens is 4. The maximum atomic E-state index is 12.2. The summed E-state index contributed by atoms with van der Waals surface area (Å²) in [4.78, 5) is 36.3. The number of aliphatic carboxylic acids is 2. The summed E-state index contributed by atoms with van der Waals surface area (Å²) in [5.41, 5.74) is -2.67. The molecule has 1 saturated carbocycles. The zero-order chi connectivity index (χ0) is 16.1. The number of rotatable bonds is 5. The highest BCUT2D eigenvalue weighted by Gasteiger charge is 2.81. The molecule has 118 valence electrons. The number of tetrazole rings is 1. The number of carboxylic acid groups (broad SMARTS) is 2. The van der Waals surface area contributed by atoms with Crippen molar-refractivity contribution in [1.29, 1.82) is 0 Å². The van der Waals surface area contributed by atoms with Crippen molar-refractivity contribution in [3.05, 3.63) is 5.82 Å². The highest BCUT2D eigenvalue weighted by molar-refractivity contribution is 5.96. The molecular weight excluding hydrogens is 294 g/mol. The summed E-state index contributed by atoms with van der Waals surface area (Å²) in [5, 5.41) is 29.5.